The van der Waals surface area contributed by atoms with Gasteiger partial charge in [0.1, 0.15) is 0 Å². The lowest BCUT2D eigenvalue weighted by Crippen LogP contribution is -2.14. The maximum Gasteiger partial charge on any atom is 0.411 e. The number of hydrogen-bond acceptors (Lipinski definition) is 3. The van der Waals surface area contributed by atoms with Crippen LogP contribution in [0.1, 0.15) is 12.5 Å². The number of carbonyl (C=O) groups is 1. The van der Waals surface area contributed by atoms with Gasteiger partial charge in [0, 0.05) is 12.8 Å². The van der Waals surface area contributed by atoms with Crippen LogP contribution in [0.3, 0.4) is 0 Å². The predicted molar refractivity (Wildman–Crippen MR) is 62.7 cm³/mol. The summed E-state index contributed by atoms with van der Waals surface area (Å²) in [6, 6.07) is 7.61. The van der Waals surface area contributed by atoms with Crippen LogP contribution in [-0.2, 0) is 15.9 Å². The van der Waals surface area contributed by atoms with E-state index >= 15 is 0 Å². The van der Waals surface area contributed by atoms with Crippen molar-refractivity contribution in [1.29, 1.82) is 0 Å². The number of carbonyl (C=O) groups excluding carboxylic acids is 1. The van der Waals surface area contributed by atoms with Crippen molar-refractivity contribution in [2.24, 2.45) is 0 Å². The number of hydrogen-bond donors (Lipinski definition) is 1. The van der Waals surface area contributed by atoms with Crippen LogP contribution in [0.2, 0.25) is 0 Å². The third-order valence-corrected chi connectivity index (χ3v) is 2.11. The van der Waals surface area contributed by atoms with Gasteiger partial charge in [-0.25, -0.2) is 4.79 Å². The van der Waals surface area contributed by atoms with Crippen LogP contribution in [0.4, 0.5) is 10.5 Å². The highest BCUT2D eigenvalue weighted by Crippen LogP contribution is 2.15. The van der Waals surface area contributed by atoms with Crippen molar-refractivity contribution in [3.05, 3.63) is 29.8 Å². The van der Waals surface area contributed by atoms with Crippen LogP contribution >= 0.6 is 0 Å². The molecule has 0 saturated heterocycles. The molecule has 0 fully saturated rings. The zero-order chi connectivity index (χ0) is 11.8. The first-order chi connectivity index (χ1) is 7.77. The molecule has 0 radical (unpaired) electrons. The number of methoxy groups -OCH3 is 1. The standard InChI is InChI=1S/C12H17NO3/c1-3-16-12(14)13-11-7-5-4-6-10(11)8-9-15-2/h4-7H,3,8-9H2,1-2H3,(H,13,14). The van der Waals surface area contributed by atoms with Crippen molar-refractivity contribution in [3.8, 4) is 0 Å². The van der Waals surface area contributed by atoms with Gasteiger partial charge < -0.3 is 9.47 Å². The lowest BCUT2D eigenvalue weighted by atomic mass is 10.1. The third-order valence-electron chi connectivity index (χ3n) is 2.11. The molecule has 0 unspecified atom stereocenters. The van der Waals surface area contributed by atoms with Gasteiger partial charge in [0.25, 0.3) is 0 Å². The zero-order valence-corrected chi connectivity index (χ0v) is 9.66. The largest absolute Gasteiger partial charge is 0.450 e. The first-order valence-corrected chi connectivity index (χ1v) is 5.28. The zero-order valence-electron chi connectivity index (χ0n) is 9.66. The number of anilines is 1. The molecule has 1 N–H and O–H groups in total. The van der Waals surface area contributed by atoms with E-state index in [0.29, 0.717) is 13.2 Å². The van der Waals surface area contributed by atoms with Crippen LogP contribution in [0.15, 0.2) is 24.3 Å². The topological polar surface area (TPSA) is 47.6 Å². The summed E-state index contributed by atoms with van der Waals surface area (Å²) in [4.78, 5) is 11.3. The molecule has 1 aromatic carbocycles. The molecule has 1 rings (SSSR count). The number of nitrogens with one attached hydrogen (secondary N) is 1. The Morgan fingerprint density at radius 3 is 2.81 bits per heavy atom. The molecule has 0 aromatic heterocycles. The van der Waals surface area contributed by atoms with Gasteiger partial charge in [0.05, 0.1) is 13.2 Å². The van der Waals surface area contributed by atoms with Gasteiger partial charge in [-0.3, -0.25) is 5.32 Å². The fourth-order valence-electron chi connectivity index (χ4n) is 1.35. The molecule has 0 aliphatic heterocycles. The van der Waals surface area contributed by atoms with E-state index < -0.39 is 6.09 Å². The molecule has 1 amide bonds. The molecule has 0 spiro atoms. The monoisotopic (exact) mass is 223 g/mol. The van der Waals surface area contributed by atoms with Crippen molar-refractivity contribution >= 4 is 11.8 Å². The van der Waals surface area contributed by atoms with E-state index in [-0.39, 0.29) is 0 Å². The van der Waals surface area contributed by atoms with Gasteiger partial charge >= 0.3 is 6.09 Å². The Hall–Kier alpha value is -1.55. The summed E-state index contributed by atoms with van der Waals surface area (Å²) in [6.45, 7) is 2.77. The molecule has 4 nitrogen and oxygen atoms in total. The summed E-state index contributed by atoms with van der Waals surface area (Å²) in [5.41, 5.74) is 1.82. The van der Waals surface area contributed by atoms with Gasteiger partial charge in [-0.15, -0.1) is 0 Å². The van der Waals surface area contributed by atoms with Crippen LogP contribution < -0.4 is 5.32 Å². The first-order valence-electron chi connectivity index (χ1n) is 5.28. The maximum absolute atomic E-state index is 11.3. The van der Waals surface area contributed by atoms with E-state index in [1.807, 2.05) is 24.3 Å². The highest BCUT2D eigenvalue weighted by atomic mass is 16.5. The van der Waals surface area contributed by atoms with Crippen molar-refractivity contribution in [3.63, 3.8) is 0 Å². The average Bonchev–Trinajstić information content (AvgIpc) is 2.28. The molecule has 0 saturated carbocycles. The van der Waals surface area contributed by atoms with Gasteiger partial charge in [0.15, 0.2) is 0 Å². The SMILES string of the molecule is CCOC(=O)Nc1ccccc1CCOC. The second-order valence-electron chi connectivity index (χ2n) is 3.25. The molecule has 0 atom stereocenters. The van der Waals surface area contributed by atoms with Crippen molar-refractivity contribution in [2.75, 3.05) is 25.6 Å². The number of amides is 1. The molecule has 0 bridgehead atoms. The van der Waals surface area contributed by atoms with Gasteiger partial charge in [-0.05, 0) is 25.0 Å². The molecular weight excluding hydrogens is 206 g/mol. The van der Waals surface area contributed by atoms with Crippen LogP contribution in [0.25, 0.3) is 0 Å². The molecule has 88 valence electrons. The number of ether oxygens (including phenoxy) is 2. The Labute approximate surface area is 95.6 Å². The summed E-state index contributed by atoms with van der Waals surface area (Å²) < 4.78 is 9.83. The number of rotatable bonds is 5. The molecule has 16 heavy (non-hydrogen) atoms. The van der Waals surface area contributed by atoms with Crippen LogP contribution in [0.5, 0.6) is 0 Å². The fourth-order valence-corrected chi connectivity index (χ4v) is 1.35. The summed E-state index contributed by atoms with van der Waals surface area (Å²) in [7, 11) is 1.65. The quantitative estimate of drug-likeness (QED) is 0.834. The first kappa shape index (κ1) is 12.5. The minimum atomic E-state index is -0.424. The van der Waals surface area contributed by atoms with Crippen molar-refractivity contribution in [1.82, 2.24) is 0 Å². The second kappa shape index (κ2) is 6.85. The average molecular weight is 223 g/mol. The summed E-state index contributed by atoms with van der Waals surface area (Å²) in [6.07, 6.45) is 0.339. The van der Waals surface area contributed by atoms with Crippen LogP contribution in [0, 0.1) is 0 Å². The van der Waals surface area contributed by atoms with E-state index in [9.17, 15) is 4.79 Å². The number of para-hydroxylation sites is 1. The fraction of sp³-hybridized carbons (Fsp3) is 0.417. The molecule has 0 heterocycles. The Balaban J connectivity index is 2.66. The Bertz CT molecular complexity index is 339. The normalized spacial score (nSPS) is 9.88. The summed E-state index contributed by atoms with van der Waals surface area (Å²) in [5, 5.41) is 2.70. The Morgan fingerprint density at radius 1 is 1.38 bits per heavy atom. The number of benzene rings is 1. The third kappa shape index (κ3) is 3.90. The van der Waals surface area contributed by atoms with E-state index in [4.69, 9.17) is 9.47 Å². The molecule has 0 aliphatic carbocycles. The van der Waals surface area contributed by atoms with E-state index in [1.54, 1.807) is 14.0 Å². The predicted octanol–water partition coefficient (Wildman–Crippen LogP) is 2.44. The van der Waals surface area contributed by atoms with Crippen LogP contribution in [-0.4, -0.2) is 26.4 Å². The highest BCUT2D eigenvalue weighted by molar-refractivity contribution is 5.85. The summed E-state index contributed by atoms with van der Waals surface area (Å²) in [5.74, 6) is 0. The van der Waals surface area contributed by atoms with Gasteiger partial charge in [-0.2, -0.15) is 0 Å². The van der Waals surface area contributed by atoms with Crippen molar-refractivity contribution in [2.45, 2.75) is 13.3 Å². The smallest absolute Gasteiger partial charge is 0.411 e. The van der Waals surface area contributed by atoms with Crippen molar-refractivity contribution < 1.29 is 14.3 Å². The van der Waals surface area contributed by atoms with E-state index in [2.05, 4.69) is 5.32 Å². The molecular formula is C12H17NO3. The van der Waals surface area contributed by atoms with Gasteiger partial charge in [0.2, 0.25) is 0 Å². The minimum Gasteiger partial charge on any atom is -0.450 e. The molecule has 1 aromatic rings. The minimum absolute atomic E-state index is 0.367. The Kier molecular flexibility index (Phi) is 5.36. The highest BCUT2D eigenvalue weighted by Gasteiger charge is 2.05. The maximum atomic E-state index is 11.3. The second-order valence-corrected chi connectivity index (χ2v) is 3.25. The van der Waals surface area contributed by atoms with E-state index in [1.165, 1.54) is 0 Å². The van der Waals surface area contributed by atoms with Gasteiger partial charge in [-0.1, -0.05) is 18.2 Å². The van der Waals surface area contributed by atoms with E-state index in [0.717, 1.165) is 17.7 Å². The molecule has 0 aliphatic rings. The Morgan fingerprint density at radius 2 is 2.12 bits per heavy atom. The molecule has 4 heteroatoms. The lowest BCUT2D eigenvalue weighted by Gasteiger charge is -2.10. The lowest BCUT2D eigenvalue weighted by molar-refractivity contribution is 0.168. The summed E-state index contributed by atoms with van der Waals surface area (Å²) >= 11 is 0.